The summed E-state index contributed by atoms with van der Waals surface area (Å²) in [6.07, 6.45) is 14.7. The van der Waals surface area contributed by atoms with E-state index in [2.05, 4.69) is 25.8 Å². The van der Waals surface area contributed by atoms with Gasteiger partial charge >= 0.3 is 0 Å². The highest BCUT2D eigenvalue weighted by Crippen LogP contribution is 2.65. The number of hydrogen-bond acceptors (Lipinski definition) is 4. The SMILES string of the molecule is C[C@H](Cc1ncc(CO)s1)[C@H]1CC[C@H]2[C@@H]3CC[C@@H]4C[C@](C)(O)CC[C@@H]4[C@H]3CC[C@]12C. The van der Waals surface area contributed by atoms with Gasteiger partial charge < -0.3 is 10.2 Å². The molecule has 0 aromatic carbocycles. The van der Waals surface area contributed by atoms with Crippen molar-refractivity contribution in [2.24, 2.45) is 46.8 Å². The maximum Gasteiger partial charge on any atom is 0.0931 e. The van der Waals surface area contributed by atoms with Crippen molar-refractivity contribution < 1.29 is 10.2 Å². The van der Waals surface area contributed by atoms with Crippen LogP contribution in [-0.4, -0.2) is 20.8 Å². The highest BCUT2D eigenvalue weighted by atomic mass is 32.1. The molecule has 4 heteroatoms. The fourth-order valence-electron chi connectivity index (χ4n) is 8.99. The summed E-state index contributed by atoms with van der Waals surface area (Å²) in [6, 6.07) is 0. The Bertz CT molecular complexity index is 760. The van der Waals surface area contributed by atoms with Crippen molar-refractivity contribution in [3.63, 3.8) is 0 Å². The van der Waals surface area contributed by atoms with Gasteiger partial charge in [0.2, 0.25) is 0 Å². The normalized spacial score (nSPS) is 46.7. The summed E-state index contributed by atoms with van der Waals surface area (Å²) in [6.45, 7) is 7.30. The van der Waals surface area contributed by atoms with Gasteiger partial charge in [0.05, 0.1) is 22.1 Å². The third kappa shape index (κ3) is 3.59. The summed E-state index contributed by atoms with van der Waals surface area (Å²) in [4.78, 5) is 5.58. The van der Waals surface area contributed by atoms with E-state index in [0.29, 0.717) is 11.3 Å². The Morgan fingerprint density at radius 2 is 1.87 bits per heavy atom. The Labute approximate surface area is 186 Å². The highest BCUT2D eigenvalue weighted by molar-refractivity contribution is 7.11. The van der Waals surface area contributed by atoms with Gasteiger partial charge in [-0.15, -0.1) is 11.3 Å². The second kappa shape index (κ2) is 7.85. The van der Waals surface area contributed by atoms with Crippen LogP contribution >= 0.6 is 11.3 Å². The number of aliphatic hydroxyl groups is 2. The predicted molar refractivity (Wildman–Crippen MR) is 122 cm³/mol. The second-order valence-electron chi connectivity index (χ2n) is 12.0. The molecule has 0 spiro atoms. The van der Waals surface area contributed by atoms with Crippen molar-refractivity contribution in [1.82, 2.24) is 4.98 Å². The lowest BCUT2D eigenvalue weighted by atomic mass is 9.48. The molecule has 3 nitrogen and oxygen atoms in total. The molecular formula is C26H41NO2S. The Kier molecular flexibility index (Phi) is 5.60. The molecule has 0 bridgehead atoms. The fourth-order valence-corrected chi connectivity index (χ4v) is 9.91. The molecule has 5 rings (SSSR count). The molecule has 0 saturated heterocycles. The second-order valence-corrected chi connectivity index (χ2v) is 13.2. The van der Waals surface area contributed by atoms with Gasteiger partial charge in [0.25, 0.3) is 0 Å². The number of nitrogens with zero attached hydrogens (tertiary/aromatic N) is 1. The van der Waals surface area contributed by atoms with Crippen molar-refractivity contribution in [3.05, 3.63) is 16.1 Å². The smallest absolute Gasteiger partial charge is 0.0931 e. The van der Waals surface area contributed by atoms with Gasteiger partial charge in [0.1, 0.15) is 0 Å². The molecule has 0 unspecified atom stereocenters. The monoisotopic (exact) mass is 431 g/mol. The third-order valence-electron chi connectivity index (χ3n) is 10.3. The number of fused-ring (bicyclic) bond motifs is 5. The van der Waals surface area contributed by atoms with E-state index in [9.17, 15) is 10.2 Å². The average Bonchev–Trinajstić information content (AvgIpc) is 3.30. The molecule has 1 aromatic heterocycles. The largest absolute Gasteiger partial charge is 0.391 e. The molecule has 4 saturated carbocycles. The van der Waals surface area contributed by atoms with Crippen LogP contribution in [0.15, 0.2) is 6.20 Å². The minimum Gasteiger partial charge on any atom is -0.391 e. The number of rotatable bonds is 4. The van der Waals surface area contributed by atoms with Gasteiger partial charge in [-0.1, -0.05) is 13.8 Å². The van der Waals surface area contributed by atoms with Crippen LogP contribution in [0.5, 0.6) is 0 Å². The zero-order chi connectivity index (χ0) is 21.1. The molecule has 1 heterocycles. The van der Waals surface area contributed by atoms with Gasteiger partial charge in [-0.25, -0.2) is 4.98 Å². The number of hydrogen-bond donors (Lipinski definition) is 2. The van der Waals surface area contributed by atoms with E-state index in [-0.39, 0.29) is 6.61 Å². The van der Waals surface area contributed by atoms with Crippen molar-refractivity contribution >= 4 is 11.3 Å². The highest BCUT2D eigenvalue weighted by Gasteiger charge is 2.58. The van der Waals surface area contributed by atoms with E-state index in [4.69, 9.17) is 0 Å². The fraction of sp³-hybridized carbons (Fsp3) is 0.885. The molecule has 1 aromatic rings. The van der Waals surface area contributed by atoms with Crippen LogP contribution in [0.2, 0.25) is 0 Å². The molecule has 0 radical (unpaired) electrons. The first-order valence-electron chi connectivity index (χ1n) is 12.6. The summed E-state index contributed by atoms with van der Waals surface area (Å²) in [7, 11) is 0. The van der Waals surface area contributed by atoms with Crippen LogP contribution in [0.25, 0.3) is 0 Å². The number of aromatic nitrogens is 1. The lowest BCUT2D eigenvalue weighted by molar-refractivity contribution is -0.102. The average molecular weight is 432 g/mol. The predicted octanol–water partition coefficient (Wildman–Crippen LogP) is 5.83. The van der Waals surface area contributed by atoms with E-state index >= 15 is 0 Å². The molecule has 4 aliphatic rings. The van der Waals surface area contributed by atoms with Gasteiger partial charge in [-0.2, -0.15) is 0 Å². The number of aliphatic hydroxyl groups excluding tert-OH is 1. The van der Waals surface area contributed by atoms with Crippen molar-refractivity contribution in [2.75, 3.05) is 0 Å². The van der Waals surface area contributed by atoms with Crippen LogP contribution in [-0.2, 0) is 13.0 Å². The van der Waals surface area contributed by atoms with Crippen molar-refractivity contribution in [3.8, 4) is 0 Å². The zero-order valence-corrected chi connectivity index (χ0v) is 20.0. The van der Waals surface area contributed by atoms with Crippen LogP contribution in [0.1, 0.15) is 88.4 Å². The minimum absolute atomic E-state index is 0.121. The van der Waals surface area contributed by atoms with Gasteiger partial charge in [-0.05, 0) is 112 Å². The van der Waals surface area contributed by atoms with Crippen molar-refractivity contribution in [1.29, 1.82) is 0 Å². The Morgan fingerprint density at radius 3 is 2.63 bits per heavy atom. The van der Waals surface area contributed by atoms with Gasteiger partial charge in [0, 0.05) is 12.6 Å². The van der Waals surface area contributed by atoms with Crippen LogP contribution in [0, 0.1) is 46.8 Å². The first-order chi connectivity index (χ1) is 14.3. The van der Waals surface area contributed by atoms with Crippen LogP contribution in [0.4, 0.5) is 0 Å². The summed E-state index contributed by atoms with van der Waals surface area (Å²) >= 11 is 1.70. The number of thiazole rings is 1. The van der Waals surface area contributed by atoms with E-state index < -0.39 is 5.60 Å². The maximum absolute atomic E-state index is 10.6. The Morgan fingerprint density at radius 1 is 1.07 bits per heavy atom. The molecule has 30 heavy (non-hydrogen) atoms. The molecule has 9 atom stereocenters. The lowest BCUT2D eigenvalue weighted by Gasteiger charge is -2.57. The molecule has 4 aliphatic carbocycles. The molecule has 2 N–H and O–H groups in total. The van der Waals surface area contributed by atoms with E-state index in [1.807, 2.05) is 6.20 Å². The zero-order valence-electron chi connectivity index (χ0n) is 19.1. The standard InChI is InChI=1S/C26H41NO2S/c1-16(12-24-27-14-18(15-28)30-24)22-6-7-23-21-5-4-17-13-25(2,29)10-8-19(17)20(21)9-11-26(22,23)3/h14,16-17,19-23,28-29H,4-13,15H2,1-3H3/t16-,17-,19+,20-,21-,22-,23+,25-,26-/m1/s1. The third-order valence-corrected chi connectivity index (χ3v) is 11.3. The minimum atomic E-state index is -0.406. The summed E-state index contributed by atoms with van der Waals surface area (Å²) in [5.74, 6) is 5.93. The molecule has 0 amide bonds. The van der Waals surface area contributed by atoms with Gasteiger partial charge in [0.15, 0.2) is 0 Å². The van der Waals surface area contributed by atoms with Gasteiger partial charge in [-0.3, -0.25) is 0 Å². The Balaban J connectivity index is 1.29. The Hall–Kier alpha value is -0.450. The molecule has 168 valence electrons. The first kappa shape index (κ1) is 21.4. The lowest BCUT2D eigenvalue weighted by Crippen LogP contribution is -2.50. The maximum atomic E-state index is 10.6. The summed E-state index contributed by atoms with van der Waals surface area (Å²) < 4.78 is 0. The first-order valence-corrected chi connectivity index (χ1v) is 13.4. The van der Waals surface area contributed by atoms with Crippen LogP contribution < -0.4 is 0 Å². The summed E-state index contributed by atoms with van der Waals surface area (Å²) in [5, 5.41) is 21.2. The van der Waals surface area contributed by atoms with Crippen LogP contribution in [0.3, 0.4) is 0 Å². The van der Waals surface area contributed by atoms with E-state index in [1.165, 1.54) is 50.0 Å². The molecule has 0 aliphatic heterocycles. The quantitative estimate of drug-likeness (QED) is 0.630. The van der Waals surface area contributed by atoms with E-state index in [1.54, 1.807) is 11.3 Å². The van der Waals surface area contributed by atoms with E-state index in [0.717, 1.165) is 59.6 Å². The topological polar surface area (TPSA) is 53.4 Å². The summed E-state index contributed by atoms with van der Waals surface area (Å²) in [5.41, 5.74) is 0.0986. The molecule has 4 fully saturated rings. The van der Waals surface area contributed by atoms with Crippen molar-refractivity contribution in [2.45, 2.75) is 97.2 Å². The molecular weight excluding hydrogens is 390 g/mol.